The molecule has 0 aliphatic carbocycles. The van der Waals surface area contributed by atoms with Crippen LogP contribution in [-0.4, -0.2) is 88.2 Å². The molecule has 0 rings (SSSR count). The number of halogens is 2. The number of nitrogens with zero attached hydrogens (tertiary/aromatic N) is 1. The number of nitrogens with one attached hydrogen (secondary N) is 3. The van der Waals surface area contributed by atoms with Crippen LogP contribution < -0.4 is 27.8 Å². The number of likely N-dealkylation sites (N-methyl/N-ethyl adjacent to an activating group) is 1. The number of nitrogens with two attached hydrogens (primary N) is 3. The van der Waals surface area contributed by atoms with Gasteiger partial charge in [0, 0.05) is 19.2 Å². The average molecular weight is 724 g/mol. The molecule has 0 radical (unpaired) electrons. The molecule has 14 heteroatoms. The third-order valence-corrected chi connectivity index (χ3v) is 10.1. The van der Waals surface area contributed by atoms with Crippen LogP contribution in [-0.2, 0) is 4.79 Å². The van der Waals surface area contributed by atoms with Crippen LogP contribution in [0.15, 0.2) is 0 Å². The Morgan fingerprint density at radius 2 is 1.97 bits per heavy atom. The van der Waals surface area contributed by atoms with Crippen LogP contribution in [0.5, 0.6) is 0 Å². The summed E-state index contributed by atoms with van der Waals surface area (Å²) in [7, 11) is 5.00. The molecule has 4 atom stereocenters. The van der Waals surface area contributed by atoms with Gasteiger partial charge in [-0.1, -0.05) is 21.6 Å². The van der Waals surface area contributed by atoms with E-state index in [0.717, 1.165) is 38.0 Å². The van der Waals surface area contributed by atoms with Crippen molar-refractivity contribution in [2.24, 2.45) is 13.6 Å². The van der Waals surface area contributed by atoms with Crippen molar-refractivity contribution in [2.45, 2.75) is 60.9 Å². The SMILES string of the molecule is CSSCCC(=O)N(C)C(I)[C@](C)(O)NCC(CCCCCNI(N)N)NC[C@@H](O)CN. The fraction of sp³-hybridized carbons (Fsp3) is 0.944. The van der Waals surface area contributed by atoms with Gasteiger partial charge < -0.3 is 0 Å². The van der Waals surface area contributed by atoms with Crippen LogP contribution in [0.3, 0.4) is 0 Å². The number of hydrogen-bond donors (Lipinski definition) is 8. The maximum absolute atomic E-state index is 12.4. The second-order valence-corrected chi connectivity index (χ2v) is 14.3. The Hall–Kier alpha value is 1.31. The van der Waals surface area contributed by atoms with Gasteiger partial charge in [-0.15, -0.1) is 0 Å². The number of aliphatic hydroxyl groups is 2. The normalized spacial score (nSPS) is 16.8. The fourth-order valence-electron chi connectivity index (χ4n) is 2.84. The zero-order valence-corrected chi connectivity index (χ0v) is 25.3. The molecule has 0 spiro atoms. The van der Waals surface area contributed by atoms with Crippen molar-refractivity contribution in [2.75, 3.05) is 45.2 Å². The predicted octanol–water partition coefficient (Wildman–Crippen LogP) is 0.502. The quantitative estimate of drug-likeness (QED) is 0.0167. The Morgan fingerprint density at radius 3 is 2.56 bits per heavy atom. The Morgan fingerprint density at radius 1 is 1.28 bits per heavy atom. The molecular weight excluding hydrogens is 680 g/mol. The summed E-state index contributed by atoms with van der Waals surface area (Å²) in [4.78, 5) is 14.0. The van der Waals surface area contributed by atoms with Gasteiger partial charge in [-0.05, 0) is 6.26 Å². The maximum atomic E-state index is 12.4. The molecule has 1 amide bonds. The molecule has 11 N–H and O–H groups in total. The topological polar surface area (TPSA) is 175 Å². The number of rotatable bonds is 20. The summed E-state index contributed by atoms with van der Waals surface area (Å²) in [6.07, 6.45) is 5.71. The molecule has 32 heavy (non-hydrogen) atoms. The summed E-state index contributed by atoms with van der Waals surface area (Å²) in [5, 5.41) is 27.3. The molecule has 2 unspecified atom stereocenters. The van der Waals surface area contributed by atoms with E-state index in [-0.39, 0.29) is 18.5 Å². The van der Waals surface area contributed by atoms with Gasteiger partial charge in [-0.2, -0.15) is 0 Å². The summed E-state index contributed by atoms with van der Waals surface area (Å²) in [5.41, 5.74) is 4.25. The van der Waals surface area contributed by atoms with E-state index in [2.05, 4.69) is 36.8 Å². The van der Waals surface area contributed by atoms with Crippen molar-refractivity contribution in [1.29, 1.82) is 0 Å². The molecular formula is C18H43I2N7O3S2. The molecule has 0 heterocycles. The van der Waals surface area contributed by atoms with E-state index in [1.54, 1.807) is 40.5 Å². The van der Waals surface area contributed by atoms with E-state index in [1.807, 2.05) is 6.26 Å². The van der Waals surface area contributed by atoms with Gasteiger partial charge in [-0.25, -0.2) is 0 Å². The molecule has 10 nitrogen and oxygen atoms in total. The summed E-state index contributed by atoms with van der Waals surface area (Å²) in [6, 6.07) is 0.0468. The van der Waals surface area contributed by atoms with E-state index in [4.69, 9.17) is 13.6 Å². The molecule has 0 saturated heterocycles. The van der Waals surface area contributed by atoms with E-state index >= 15 is 0 Å². The van der Waals surface area contributed by atoms with E-state index < -0.39 is 36.5 Å². The first-order chi connectivity index (χ1) is 15.0. The van der Waals surface area contributed by atoms with Crippen molar-refractivity contribution in [3.63, 3.8) is 0 Å². The number of aliphatic hydroxyl groups excluding tert-OH is 1. The first-order valence-electron chi connectivity index (χ1n) is 10.6. The van der Waals surface area contributed by atoms with Gasteiger partial charge in [0.2, 0.25) is 5.91 Å². The van der Waals surface area contributed by atoms with Crippen LogP contribution >= 0.6 is 64.8 Å². The molecule has 0 aromatic rings. The Kier molecular flexibility index (Phi) is 20.3. The number of carbonyl (C=O) groups excluding carboxylic acids is 1. The van der Waals surface area contributed by atoms with Crippen LogP contribution in [0, 0.1) is 0 Å². The Balaban J connectivity index is 4.67. The predicted molar refractivity (Wildman–Crippen MR) is 156 cm³/mol. The molecule has 0 saturated carbocycles. The molecule has 0 bridgehead atoms. The van der Waals surface area contributed by atoms with Gasteiger partial charge in [0.1, 0.15) is 0 Å². The van der Waals surface area contributed by atoms with Crippen molar-refractivity contribution >= 4 is 70.7 Å². The fourth-order valence-corrected chi connectivity index (χ4v) is 5.55. The summed E-state index contributed by atoms with van der Waals surface area (Å²) in [6.45, 7) is 3.59. The molecule has 0 aliphatic rings. The Bertz CT molecular complexity index is 499. The standard InChI is InChI=1S/C18H43I2N7O3S2/c1-18(30,17(19)27(2)16(29)8-10-32-31-3)25-12-14(24-13-15(28)11-21)7-5-4-6-9-26-20(22)23/h14-15,17,24-26,28,30H,4-13,21-23H2,1-3H3/t14?,15-,17?,18-/m0/s1. The van der Waals surface area contributed by atoms with Crippen molar-refractivity contribution in [3.05, 3.63) is 0 Å². The number of amides is 1. The van der Waals surface area contributed by atoms with Crippen LogP contribution in [0.2, 0.25) is 0 Å². The number of carbonyl (C=O) groups is 1. The van der Waals surface area contributed by atoms with Crippen molar-refractivity contribution in [3.8, 4) is 0 Å². The van der Waals surface area contributed by atoms with Crippen LogP contribution in [0.4, 0.5) is 0 Å². The van der Waals surface area contributed by atoms with Crippen LogP contribution in [0.25, 0.3) is 0 Å². The van der Waals surface area contributed by atoms with E-state index in [0.29, 0.717) is 19.5 Å². The first-order valence-corrected chi connectivity index (χ1v) is 18.1. The van der Waals surface area contributed by atoms with Gasteiger partial charge in [-0.3, -0.25) is 4.79 Å². The number of unbranched alkanes of at least 4 members (excludes halogenated alkanes) is 2. The van der Waals surface area contributed by atoms with E-state index in [1.165, 1.54) is 0 Å². The second kappa shape index (κ2) is 19.5. The average Bonchev–Trinajstić information content (AvgIpc) is 2.75. The summed E-state index contributed by atoms with van der Waals surface area (Å²) < 4.78 is 14.0. The molecule has 0 aromatic heterocycles. The molecule has 0 aliphatic heterocycles. The molecule has 0 aromatic carbocycles. The zero-order chi connectivity index (χ0) is 24.6. The van der Waals surface area contributed by atoms with E-state index in [9.17, 15) is 15.0 Å². The number of alkyl halides is 1. The third-order valence-electron chi connectivity index (χ3n) is 4.81. The zero-order valence-electron chi connectivity index (χ0n) is 19.4. The van der Waals surface area contributed by atoms with Crippen molar-refractivity contribution < 1.29 is 15.0 Å². The van der Waals surface area contributed by atoms with Crippen LogP contribution in [0.1, 0.15) is 39.0 Å². The van der Waals surface area contributed by atoms with Crippen molar-refractivity contribution in [1.82, 2.24) is 19.1 Å². The molecule has 0 fully saturated rings. The minimum absolute atomic E-state index is 0.00280. The minimum atomic E-state index is -1.86. The van der Waals surface area contributed by atoms with Gasteiger partial charge in [0.05, 0.1) is 0 Å². The van der Waals surface area contributed by atoms with Gasteiger partial charge in [0.25, 0.3) is 0 Å². The number of hydrogen-bond acceptors (Lipinski definition) is 11. The summed E-state index contributed by atoms with van der Waals surface area (Å²) >= 11 is 0.242. The van der Waals surface area contributed by atoms with Gasteiger partial charge in [0.15, 0.2) is 0 Å². The molecule has 194 valence electrons. The Labute approximate surface area is 223 Å². The second-order valence-electron chi connectivity index (χ2n) is 7.68. The monoisotopic (exact) mass is 723 g/mol. The van der Waals surface area contributed by atoms with Gasteiger partial charge >= 0.3 is 167 Å². The first kappa shape index (κ1) is 33.3. The third kappa shape index (κ3) is 16.1. The summed E-state index contributed by atoms with van der Waals surface area (Å²) in [5.74, 6) is 0.747.